The lowest BCUT2D eigenvalue weighted by Gasteiger charge is -2.35. The van der Waals surface area contributed by atoms with Crippen LogP contribution >= 0.6 is 11.6 Å². The van der Waals surface area contributed by atoms with Crippen molar-refractivity contribution < 1.29 is 18.7 Å². The van der Waals surface area contributed by atoms with Gasteiger partial charge >= 0.3 is 5.97 Å². The van der Waals surface area contributed by atoms with Crippen molar-refractivity contribution in [3.63, 3.8) is 0 Å². The highest BCUT2D eigenvalue weighted by Crippen LogP contribution is 2.27. The van der Waals surface area contributed by atoms with Gasteiger partial charge in [0.25, 0.3) is 5.91 Å². The van der Waals surface area contributed by atoms with Crippen LogP contribution in [0, 0.1) is 5.82 Å². The molecule has 0 N–H and O–H groups in total. The number of carbonyl (C=O) groups is 2. The molecule has 0 radical (unpaired) electrons. The average molecular weight is 348 g/mol. The molecule has 0 bridgehead atoms. The van der Waals surface area contributed by atoms with Crippen LogP contribution in [0.4, 0.5) is 4.39 Å². The highest BCUT2D eigenvalue weighted by Gasteiger charge is 2.36. The van der Waals surface area contributed by atoms with Gasteiger partial charge in [0, 0.05) is 13.0 Å². The summed E-state index contributed by atoms with van der Waals surface area (Å²) >= 11 is 6.00. The Hall–Kier alpha value is -2.40. The van der Waals surface area contributed by atoms with Gasteiger partial charge < -0.3 is 9.64 Å². The van der Waals surface area contributed by atoms with Crippen LogP contribution in [0.2, 0.25) is 5.02 Å². The molecule has 0 spiro atoms. The third-order valence-corrected chi connectivity index (χ3v) is 4.46. The standard InChI is InChI=1S/C18H15ClFNO3/c1-24-18(23)16-8-11-4-2-3-5-12(11)10-21(16)17(22)14-7-6-13(20)9-15(14)19/h2-7,9,16H,8,10H2,1H3/t16-/m0/s1. The van der Waals surface area contributed by atoms with Crippen LogP contribution < -0.4 is 0 Å². The van der Waals surface area contributed by atoms with Gasteiger partial charge in [0.2, 0.25) is 0 Å². The third-order valence-electron chi connectivity index (χ3n) is 4.14. The molecule has 0 unspecified atom stereocenters. The summed E-state index contributed by atoms with van der Waals surface area (Å²) in [6.07, 6.45) is 0.368. The SMILES string of the molecule is COC(=O)[C@@H]1Cc2ccccc2CN1C(=O)c1ccc(F)cc1Cl. The summed E-state index contributed by atoms with van der Waals surface area (Å²) in [5.41, 5.74) is 2.12. The zero-order chi connectivity index (χ0) is 17.3. The molecule has 0 saturated heterocycles. The predicted molar refractivity (Wildman–Crippen MR) is 87.2 cm³/mol. The Morgan fingerprint density at radius 2 is 1.92 bits per heavy atom. The van der Waals surface area contributed by atoms with Crippen molar-refractivity contribution in [2.24, 2.45) is 0 Å². The van der Waals surface area contributed by atoms with E-state index in [4.69, 9.17) is 16.3 Å². The van der Waals surface area contributed by atoms with Crippen molar-refractivity contribution in [2.45, 2.75) is 19.0 Å². The Labute approximate surface area is 143 Å². The summed E-state index contributed by atoms with van der Waals surface area (Å²) in [5.74, 6) is -1.44. The van der Waals surface area contributed by atoms with Gasteiger partial charge in [0.1, 0.15) is 11.9 Å². The fourth-order valence-electron chi connectivity index (χ4n) is 2.90. The van der Waals surface area contributed by atoms with Gasteiger partial charge in [-0.3, -0.25) is 4.79 Å². The highest BCUT2D eigenvalue weighted by atomic mass is 35.5. The molecule has 0 aliphatic carbocycles. The molecule has 1 aliphatic rings. The summed E-state index contributed by atoms with van der Waals surface area (Å²) < 4.78 is 18.1. The molecule has 124 valence electrons. The lowest BCUT2D eigenvalue weighted by atomic mass is 9.93. The van der Waals surface area contributed by atoms with Crippen LogP contribution in [0.25, 0.3) is 0 Å². The fourth-order valence-corrected chi connectivity index (χ4v) is 3.15. The smallest absolute Gasteiger partial charge is 0.328 e. The Morgan fingerprint density at radius 3 is 2.58 bits per heavy atom. The molecule has 2 aromatic carbocycles. The second-order valence-electron chi connectivity index (χ2n) is 5.57. The van der Waals surface area contributed by atoms with Crippen LogP contribution in [-0.2, 0) is 22.5 Å². The first kappa shape index (κ1) is 16.5. The lowest BCUT2D eigenvalue weighted by Crippen LogP contribution is -2.49. The first-order chi connectivity index (χ1) is 11.5. The molecular formula is C18H15ClFNO3. The maximum atomic E-state index is 13.2. The second-order valence-corrected chi connectivity index (χ2v) is 5.98. The molecule has 1 amide bonds. The van der Waals surface area contributed by atoms with E-state index >= 15 is 0 Å². The number of benzene rings is 2. The Balaban J connectivity index is 1.99. The molecule has 1 heterocycles. The minimum absolute atomic E-state index is 0.0162. The van der Waals surface area contributed by atoms with Gasteiger partial charge in [-0.25, -0.2) is 9.18 Å². The monoisotopic (exact) mass is 347 g/mol. The lowest BCUT2D eigenvalue weighted by molar-refractivity contribution is -0.146. The van der Waals surface area contributed by atoms with Gasteiger partial charge in [-0.15, -0.1) is 0 Å². The predicted octanol–water partition coefficient (Wildman–Crippen LogP) is 3.22. The number of esters is 1. The van der Waals surface area contributed by atoms with E-state index in [1.807, 2.05) is 24.3 Å². The van der Waals surface area contributed by atoms with Gasteiger partial charge in [0.05, 0.1) is 17.7 Å². The van der Waals surface area contributed by atoms with Crippen LogP contribution in [-0.4, -0.2) is 29.9 Å². The number of carbonyl (C=O) groups excluding carboxylic acids is 2. The summed E-state index contributed by atoms with van der Waals surface area (Å²) in [6, 6.07) is 10.5. The molecule has 1 atom stereocenters. The van der Waals surface area contributed by atoms with Crippen molar-refractivity contribution in [2.75, 3.05) is 7.11 Å². The molecule has 0 saturated carbocycles. The maximum Gasteiger partial charge on any atom is 0.328 e. The largest absolute Gasteiger partial charge is 0.467 e. The third kappa shape index (κ3) is 2.99. The van der Waals surface area contributed by atoms with Crippen molar-refractivity contribution in [1.82, 2.24) is 4.90 Å². The van der Waals surface area contributed by atoms with Crippen molar-refractivity contribution >= 4 is 23.5 Å². The minimum atomic E-state index is -0.737. The summed E-state index contributed by atoms with van der Waals surface area (Å²) in [6.45, 7) is 0.266. The van der Waals surface area contributed by atoms with Crippen molar-refractivity contribution in [1.29, 1.82) is 0 Å². The van der Waals surface area contributed by atoms with E-state index in [1.165, 1.54) is 24.1 Å². The van der Waals surface area contributed by atoms with E-state index in [0.29, 0.717) is 6.42 Å². The molecule has 0 aromatic heterocycles. The van der Waals surface area contributed by atoms with E-state index in [2.05, 4.69) is 0 Å². The van der Waals surface area contributed by atoms with Gasteiger partial charge in [0.15, 0.2) is 0 Å². The molecule has 24 heavy (non-hydrogen) atoms. The normalized spacial score (nSPS) is 16.5. The number of hydrogen-bond acceptors (Lipinski definition) is 3. The maximum absolute atomic E-state index is 13.2. The van der Waals surface area contributed by atoms with Crippen LogP contribution in [0.1, 0.15) is 21.5 Å². The minimum Gasteiger partial charge on any atom is -0.467 e. The van der Waals surface area contributed by atoms with E-state index in [-0.39, 0.29) is 17.1 Å². The molecule has 0 fully saturated rings. The molecule has 3 rings (SSSR count). The van der Waals surface area contributed by atoms with Gasteiger partial charge in [-0.1, -0.05) is 35.9 Å². The Morgan fingerprint density at radius 1 is 1.21 bits per heavy atom. The van der Waals surface area contributed by atoms with Crippen LogP contribution in [0.15, 0.2) is 42.5 Å². The molecule has 1 aliphatic heterocycles. The Kier molecular flexibility index (Phi) is 4.53. The highest BCUT2D eigenvalue weighted by molar-refractivity contribution is 6.33. The fraction of sp³-hybridized carbons (Fsp3) is 0.222. The summed E-state index contributed by atoms with van der Waals surface area (Å²) in [4.78, 5) is 26.5. The molecule has 6 heteroatoms. The number of fused-ring (bicyclic) bond motifs is 1. The zero-order valence-corrected chi connectivity index (χ0v) is 13.7. The quantitative estimate of drug-likeness (QED) is 0.784. The van der Waals surface area contributed by atoms with Gasteiger partial charge in [-0.05, 0) is 29.3 Å². The number of amides is 1. The number of ether oxygens (including phenoxy) is 1. The summed E-state index contributed by atoms with van der Waals surface area (Å²) in [5, 5.41) is 0.0162. The summed E-state index contributed by atoms with van der Waals surface area (Å²) in [7, 11) is 1.29. The molecule has 2 aromatic rings. The van der Waals surface area contributed by atoms with Crippen LogP contribution in [0.5, 0.6) is 0 Å². The number of methoxy groups -OCH3 is 1. The van der Waals surface area contributed by atoms with E-state index in [1.54, 1.807) is 0 Å². The number of hydrogen-bond donors (Lipinski definition) is 0. The van der Waals surface area contributed by atoms with Crippen molar-refractivity contribution in [3.05, 3.63) is 70.0 Å². The number of rotatable bonds is 2. The average Bonchev–Trinajstić information content (AvgIpc) is 2.59. The number of halogens is 2. The molecule has 4 nitrogen and oxygen atoms in total. The number of nitrogens with zero attached hydrogens (tertiary/aromatic N) is 1. The van der Waals surface area contributed by atoms with E-state index in [9.17, 15) is 14.0 Å². The topological polar surface area (TPSA) is 46.6 Å². The van der Waals surface area contributed by atoms with Gasteiger partial charge in [-0.2, -0.15) is 0 Å². The van der Waals surface area contributed by atoms with Crippen LogP contribution in [0.3, 0.4) is 0 Å². The Bertz CT molecular complexity index is 809. The first-order valence-corrected chi connectivity index (χ1v) is 7.79. The van der Waals surface area contributed by atoms with Crippen molar-refractivity contribution in [3.8, 4) is 0 Å². The van der Waals surface area contributed by atoms with E-state index < -0.39 is 23.7 Å². The van der Waals surface area contributed by atoms with E-state index in [0.717, 1.165) is 17.2 Å². The first-order valence-electron chi connectivity index (χ1n) is 7.42. The molecular weight excluding hydrogens is 333 g/mol. The second kappa shape index (κ2) is 6.61. The zero-order valence-electron chi connectivity index (χ0n) is 13.0.